The van der Waals surface area contributed by atoms with Gasteiger partial charge in [-0.15, -0.1) is 0 Å². The summed E-state index contributed by atoms with van der Waals surface area (Å²) in [5.74, 6) is -0.270. The molecule has 1 aromatic carbocycles. The minimum Gasteiger partial charge on any atom is -0.357 e. The van der Waals surface area contributed by atoms with Gasteiger partial charge < -0.3 is 9.88 Å². The normalized spacial score (nSPS) is 16.2. The Bertz CT molecular complexity index is 988. The van der Waals surface area contributed by atoms with Crippen LogP contribution in [-0.2, 0) is 0 Å². The molecule has 2 aromatic heterocycles. The number of benzene rings is 1. The number of fused-ring (bicyclic) bond motifs is 1. The molecule has 3 aromatic rings. The highest BCUT2D eigenvalue weighted by Crippen LogP contribution is 2.35. The predicted molar refractivity (Wildman–Crippen MR) is 91.3 cm³/mol. The van der Waals surface area contributed by atoms with E-state index in [0.29, 0.717) is 28.2 Å². The number of nitro groups is 1. The quantitative estimate of drug-likeness (QED) is 0.533. The maximum absolute atomic E-state index is 12.8. The average molecular weight is 380 g/mol. The Kier molecular flexibility index (Phi) is 4.01. The highest BCUT2D eigenvalue weighted by Gasteiger charge is 2.41. The van der Waals surface area contributed by atoms with Crippen LogP contribution in [0.15, 0.2) is 24.4 Å². The fourth-order valence-corrected chi connectivity index (χ4v) is 3.34. The Morgan fingerprint density at radius 2 is 2.00 bits per heavy atom. The molecule has 1 aliphatic heterocycles. The number of H-pyrrole nitrogens is 2. The molecule has 8 nitrogen and oxygen atoms in total. The molecule has 0 amide bonds. The lowest BCUT2D eigenvalue weighted by molar-refractivity contribution is -0.384. The van der Waals surface area contributed by atoms with E-state index in [4.69, 9.17) is 0 Å². The highest BCUT2D eigenvalue weighted by atomic mass is 19.4. The minimum atomic E-state index is -4.16. The number of anilines is 1. The van der Waals surface area contributed by atoms with Crippen LogP contribution in [0.1, 0.15) is 12.8 Å². The molecule has 3 heterocycles. The fraction of sp³-hybridized carbons (Fsp3) is 0.375. The van der Waals surface area contributed by atoms with Crippen molar-refractivity contribution in [1.29, 1.82) is 0 Å². The second kappa shape index (κ2) is 6.25. The van der Waals surface area contributed by atoms with Crippen LogP contribution >= 0.6 is 0 Å². The lowest BCUT2D eigenvalue weighted by Gasteiger charge is -2.33. The molecular formula is C16H15F3N6O2. The molecule has 0 radical (unpaired) electrons. The summed E-state index contributed by atoms with van der Waals surface area (Å²) in [5, 5.41) is 18.5. The summed E-state index contributed by atoms with van der Waals surface area (Å²) in [4.78, 5) is 19.6. The first-order valence-corrected chi connectivity index (χ1v) is 8.32. The van der Waals surface area contributed by atoms with Crippen molar-refractivity contribution < 1.29 is 18.1 Å². The van der Waals surface area contributed by atoms with Gasteiger partial charge in [-0.25, -0.2) is 4.98 Å². The van der Waals surface area contributed by atoms with Gasteiger partial charge in [-0.1, -0.05) is 0 Å². The van der Waals surface area contributed by atoms with Gasteiger partial charge in [0.15, 0.2) is 5.82 Å². The first-order valence-electron chi connectivity index (χ1n) is 8.32. The van der Waals surface area contributed by atoms with Crippen molar-refractivity contribution in [2.45, 2.75) is 19.0 Å². The van der Waals surface area contributed by atoms with E-state index in [1.54, 1.807) is 12.3 Å². The van der Waals surface area contributed by atoms with Crippen molar-refractivity contribution in [3.05, 3.63) is 34.5 Å². The van der Waals surface area contributed by atoms with Gasteiger partial charge in [0.2, 0.25) is 0 Å². The maximum atomic E-state index is 12.8. The summed E-state index contributed by atoms with van der Waals surface area (Å²) in [7, 11) is 0. The van der Waals surface area contributed by atoms with Crippen molar-refractivity contribution in [1.82, 2.24) is 20.2 Å². The molecule has 27 heavy (non-hydrogen) atoms. The van der Waals surface area contributed by atoms with Gasteiger partial charge in [-0.3, -0.25) is 15.2 Å². The van der Waals surface area contributed by atoms with Gasteiger partial charge in [-0.05, 0) is 18.9 Å². The monoisotopic (exact) mass is 380 g/mol. The van der Waals surface area contributed by atoms with Crippen LogP contribution in [0.3, 0.4) is 0 Å². The van der Waals surface area contributed by atoms with Gasteiger partial charge in [0.25, 0.3) is 5.69 Å². The van der Waals surface area contributed by atoms with E-state index in [0.717, 1.165) is 0 Å². The van der Waals surface area contributed by atoms with E-state index in [2.05, 4.69) is 20.2 Å². The van der Waals surface area contributed by atoms with Gasteiger partial charge in [0.05, 0.1) is 22.6 Å². The number of hydrogen-bond donors (Lipinski definition) is 2. The van der Waals surface area contributed by atoms with Gasteiger partial charge in [-0.2, -0.15) is 18.3 Å². The van der Waals surface area contributed by atoms with Crippen molar-refractivity contribution in [2.75, 3.05) is 18.0 Å². The number of nitro benzene ring substituents is 1. The smallest absolute Gasteiger partial charge is 0.357 e. The summed E-state index contributed by atoms with van der Waals surface area (Å²) in [5.41, 5.74) is 0.982. The van der Waals surface area contributed by atoms with Crippen LogP contribution in [0.25, 0.3) is 22.4 Å². The molecule has 0 bridgehead atoms. The summed E-state index contributed by atoms with van der Waals surface area (Å²) < 4.78 is 38.4. The number of aromatic amines is 2. The zero-order valence-corrected chi connectivity index (χ0v) is 14.0. The number of hydrogen-bond acceptors (Lipinski definition) is 5. The van der Waals surface area contributed by atoms with Crippen LogP contribution in [-0.4, -0.2) is 44.4 Å². The number of piperidine rings is 1. The average Bonchev–Trinajstić information content (AvgIpc) is 3.27. The Morgan fingerprint density at radius 1 is 1.26 bits per heavy atom. The Labute approximate surface area is 150 Å². The maximum Gasteiger partial charge on any atom is 0.391 e. The molecule has 142 valence electrons. The number of nitrogens with one attached hydrogen (secondary N) is 2. The van der Waals surface area contributed by atoms with Crippen LogP contribution in [0, 0.1) is 16.0 Å². The summed E-state index contributed by atoms with van der Waals surface area (Å²) in [6.07, 6.45) is -2.54. The second-order valence-corrected chi connectivity index (χ2v) is 6.48. The molecule has 0 aliphatic carbocycles. The number of alkyl halides is 3. The van der Waals surface area contributed by atoms with Crippen LogP contribution in [0.2, 0.25) is 0 Å². The van der Waals surface area contributed by atoms with Crippen molar-refractivity contribution >= 4 is 22.4 Å². The number of imidazole rings is 1. The van der Waals surface area contributed by atoms with Crippen molar-refractivity contribution in [2.24, 2.45) is 5.92 Å². The summed E-state index contributed by atoms with van der Waals surface area (Å²) in [6.45, 7) is 0.553. The molecule has 0 unspecified atom stereocenters. The molecule has 4 rings (SSSR count). The highest BCUT2D eigenvalue weighted by molar-refractivity contribution is 5.92. The number of non-ortho nitro benzene ring substituents is 1. The third-order valence-electron chi connectivity index (χ3n) is 4.84. The standard InChI is InChI=1S/C16H15F3N6O2/c17-16(18,19)9-3-5-24(6-4-9)13-8-20-15(21-13)14-11-7-10(25(26)27)1-2-12(11)22-23-14/h1-2,7-9H,3-6H2,(H,20,21)(H,22,23). The summed E-state index contributed by atoms with van der Waals surface area (Å²) >= 11 is 0. The topological polar surface area (TPSA) is 104 Å². The first-order chi connectivity index (χ1) is 12.8. The molecule has 0 saturated carbocycles. The molecule has 1 aliphatic rings. The second-order valence-electron chi connectivity index (χ2n) is 6.48. The Morgan fingerprint density at radius 3 is 2.67 bits per heavy atom. The zero-order chi connectivity index (χ0) is 19.2. The van der Waals surface area contributed by atoms with Crippen LogP contribution < -0.4 is 4.90 Å². The Balaban J connectivity index is 1.58. The lowest BCUT2D eigenvalue weighted by Crippen LogP contribution is -2.39. The molecule has 1 fully saturated rings. The fourth-order valence-electron chi connectivity index (χ4n) is 3.34. The molecule has 0 spiro atoms. The number of aromatic nitrogens is 4. The SMILES string of the molecule is O=[N+]([O-])c1ccc2[nH]nc(-c3ncc(N4CCC(C(F)(F)F)CC4)[nH]3)c2c1. The number of nitrogens with zero attached hydrogens (tertiary/aromatic N) is 4. The van der Waals surface area contributed by atoms with Crippen molar-refractivity contribution in [3.63, 3.8) is 0 Å². The van der Waals surface area contributed by atoms with Gasteiger partial charge >= 0.3 is 6.18 Å². The van der Waals surface area contributed by atoms with E-state index in [1.165, 1.54) is 12.1 Å². The third-order valence-corrected chi connectivity index (χ3v) is 4.84. The molecular weight excluding hydrogens is 365 g/mol. The minimum absolute atomic E-state index is 0.0371. The summed E-state index contributed by atoms with van der Waals surface area (Å²) in [6, 6.07) is 4.35. The first kappa shape index (κ1) is 17.3. The number of rotatable bonds is 3. The predicted octanol–water partition coefficient (Wildman–Crippen LogP) is 3.64. The third kappa shape index (κ3) is 3.20. The lowest BCUT2D eigenvalue weighted by atomic mass is 9.96. The van der Waals surface area contributed by atoms with E-state index in [-0.39, 0.29) is 31.6 Å². The van der Waals surface area contributed by atoms with Crippen LogP contribution in [0.5, 0.6) is 0 Å². The van der Waals surface area contributed by atoms with E-state index in [9.17, 15) is 23.3 Å². The molecule has 1 saturated heterocycles. The van der Waals surface area contributed by atoms with Crippen molar-refractivity contribution in [3.8, 4) is 11.5 Å². The largest absolute Gasteiger partial charge is 0.391 e. The molecule has 2 N–H and O–H groups in total. The van der Waals surface area contributed by atoms with E-state index in [1.807, 2.05) is 4.90 Å². The van der Waals surface area contributed by atoms with Crippen LogP contribution in [0.4, 0.5) is 24.7 Å². The Hall–Kier alpha value is -3.11. The molecule has 0 atom stereocenters. The van der Waals surface area contributed by atoms with Gasteiger partial charge in [0, 0.05) is 30.6 Å². The van der Waals surface area contributed by atoms with Gasteiger partial charge in [0.1, 0.15) is 11.5 Å². The molecule has 11 heteroatoms. The van der Waals surface area contributed by atoms with E-state index < -0.39 is 17.0 Å². The number of halogens is 3. The van der Waals surface area contributed by atoms with E-state index >= 15 is 0 Å². The zero-order valence-electron chi connectivity index (χ0n) is 14.0.